The summed E-state index contributed by atoms with van der Waals surface area (Å²) in [6, 6.07) is 13.7. The molecule has 1 amide bonds. The second-order valence-electron chi connectivity index (χ2n) is 7.23. The third-order valence-electron chi connectivity index (χ3n) is 5.03. The van der Waals surface area contributed by atoms with Gasteiger partial charge in [0.05, 0.1) is 0 Å². The Hall–Kier alpha value is -2.79. The number of aryl methyl sites for hydroxylation is 2. The first kappa shape index (κ1) is 18.6. The summed E-state index contributed by atoms with van der Waals surface area (Å²) in [5.41, 5.74) is 3.98. The summed E-state index contributed by atoms with van der Waals surface area (Å²) in [6.07, 6.45) is 3.73. The minimum atomic E-state index is 0.102. The fraction of sp³-hybridized carbons (Fsp3) is 0.273. The lowest BCUT2D eigenvalue weighted by molar-refractivity contribution is 0.0746. The number of piperazine rings is 1. The number of carbonyl (C=O) groups excluding carboxylic acids is 1. The fourth-order valence-electron chi connectivity index (χ4n) is 3.75. The van der Waals surface area contributed by atoms with Crippen LogP contribution in [0.2, 0.25) is 5.02 Å². The van der Waals surface area contributed by atoms with Crippen molar-refractivity contribution >= 4 is 23.5 Å². The lowest BCUT2D eigenvalue weighted by Crippen LogP contribution is -2.49. The molecule has 28 heavy (non-hydrogen) atoms. The summed E-state index contributed by atoms with van der Waals surface area (Å²) in [4.78, 5) is 21.6. The highest BCUT2D eigenvalue weighted by Crippen LogP contribution is 2.22. The number of carbonyl (C=O) groups is 1. The standard InChI is InChI=1S/C22H23ClN4O/c1-16-12-17(2)14-18(13-16)21(28)25-8-10-26(11-9-25)22-24-6-7-27(22)20-5-3-4-19(23)15-20/h3-7,12-15H,8-11H2,1-2H3. The van der Waals surface area contributed by atoms with Gasteiger partial charge in [-0.3, -0.25) is 9.36 Å². The molecule has 0 aliphatic carbocycles. The first-order valence-electron chi connectivity index (χ1n) is 9.43. The molecule has 1 aromatic heterocycles. The maximum absolute atomic E-state index is 12.9. The van der Waals surface area contributed by atoms with Crippen molar-refractivity contribution in [3.05, 3.63) is 76.6 Å². The van der Waals surface area contributed by atoms with Crippen LogP contribution in [-0.4, -0.2) is 46.5 Å². The van der Waals surface area contributed by atoms with Crippen LogP contribution in [-0.2, 0) is 0 Å². The minimum Gasteiger partial charge on any atom is -0.338 e. The van der Waals surface area contributed by atoms with E-state index >= 15 is 0 Å². The Balaban J connectivity index is 1.48. The van der Waals surface area contributed by atoms with Crippen LogP contribution in [0.15, 0.2) is 54.9 Å². The van der Waals surface area contributed by atoms with Crippen LogP contribution in [0.25, 0.3) is 5.69 Å². The Bertz CT molecular complexity index is 985. The molecule has 0 atom stereocenters. The normalized spacial score (nSPS) is 14.4. The van der Waals surface area contributed by atoms with Crippen LogP contribution < -0.4 is 4.90 Å². The van der Waals surface area contributed by atoms with Crippen molar-refractivity contribution in [2.75, 3.05) is 31.1 Å². The van der Waals surface area contributed by atoms with E-state index in [4.69, 9.17) is 11.6 Å². The zero-order valence-corrected chi connectivity index (χ0v) is 16.9. The summed E-state index contributed by atoms with van der Waals surface area (Å²) in [5, 5.41) is 0.695. The van der Waals surface area contributed by atoms with Gasteiger partial charge in [0.2, 0.25) is 5.95 Å². The van der Waals surface area contributed by atoms with Crippen molar-refractivity contribution in [1.82, 2.24) is 14.5 Å². The van der Waals surface area contributed by atoms with Crippen LogP contribution in [0.1, 0.15) is 21.5 Å². The first-order chi connectivity index (χ1) is 13.5. The van der Waals surface area contributed by atoms with Crippen molar-refractivity contribution in [3.8, 4) is 5.69 Å². The molecule has 2 heterocycles. The summed E-state index contributed by atoms with van der Waals surface area (Å²) in [5.74, 6) is 0.977. The molecule has 6 heteroatoms. The van der Waals surface area contributed by atoms with Gasteiger partial charge in [-0.05, 0) is 44.2 Å². The summed E-state index contributed by atoms with van der Waals surface area (Å²) in [7, 11) is 0. The van der Waals surface area contributed by atoms with Gasteiger partial charge in [-0.15, -0.1) is 0 Å². The number of halogens is 1. The Morgan fingerprint density at radius 1 is 1.00 bits per heavy atom. The van der Waals surface area contributed by atoms with Gasteiger partial charge in [0, 0.05) is 54.8 Å². The molecule has 5 nitrogen and oxygen atoms in total. The zero-order chi connectivity index (χ0) is 19.7. The Kier molecular flexibility index (Phi) is 5.09. The molecular formula is C22H23ClN4O. The van der Waals surface area contributed by atoms with Gasteiger partial charge >= 0.3 is 0 Å². The smallest absolute Gasteiger partial charge is 0.253 e. The number of rotatable bonds is 3. The number of amides is 1. The summed E-state index contributed by atoms with van der Waals surface area (Å²) >= 11 is 6.14. The lowest BCUT2D eigenvalue weighted by atomic mass is 10.1. The second-order valence-corrected chi connectivity index (χ2v) is 7.67. The predicted molar refractivity (Wildman–Crippen MR) is 113 cm³/mol. The summed E-state index contributed by atoms with van der Waals surface area (Å²) < 4.78 is 2.03. The molecule has 0 bridgehead atoms. The van der Waals surface area contributed by atoms with Crippen LogP contribution >= 0.6 is 11.6 Å². The maximum atomic E-state index is 12.9. The predicted octanol–water partition coefficient (Wildman–Crippen LogP) is 4.10. The quantitative estimate of drug-likeness (QED) is 0.671. The Morgan fingerprint density at radius 3 is 2.39 bits per heavy atom. The van der Waals surface area contributed by atoms with Crippen LogP contribution in [0, 0.1) is 13.8 Å². The number of anilines is 1. The van der Waals surface area contributed by atoms with E-state index in [0.29, 0.717) is 18.1 Å². The van der Waals surface area contributed by atoms with E-state index < -0.39 is 0 Å². The second kappa shape index (κ2) is 7.68. The molecule has 4 rings (SSSR count). The number of hydrogen-bond donors (Lipinski definition) is 0. The summed E-state index contributed by atoms with van der Waals surface area (Å²) in [6.45, 7) is 6.89. The molecule has 0 N–H and O–H groups in total. The van der Waals surface area contributed by atoms with Gasteiger partial charge in [0.1, 0.15) is 0 Å². The van der Waals surface area contributed by atoms with Gasteiger partial charge in [0.15, 0.2) is 0 Å². The van der Waals surface area contributed by atoms with Gasteiger partial charge in [0.25, 0.3) is 5.91 Å². The molecule has 1 aliphatic rings. The molecule has 144 valence electrons. The monoisotopic (exact) mass is 394 g/mol. The van der Waals surface area contributed by atoms with Crippen LogP contribution in [0.3, 0.4) is 0 Å². The van der Waals surface area contributed by atoms with E-state index in [0.717, 1.165) is 41.4 Å². The van der Waals surface area contributed by atoms with Gasteiger partial charge in [-0.25, -0.2) is 4.98 Å². The van der Waals surface area contributed by atoms with Gasteiger partial charge in [-0.2, -0.15) is 0 Å². The molecule has 1 saturated heterocycles. The molecule has 0 radical (unpaired) electrons. The lowest BCUT2D eigenvalue weighted by Gasteiger charge is -2.35. The molecule has 0 unspecified atom stereocenters. The SMILES string of the molecule is Cc1cc(C)cc(C(=O)N2CCN(c3nccn3-c3cccc(Cl)c3)CC2)c1. The molecule has 1 fully saturated rings. The molecule has 0 spiro atoms. The van der Waals surface area contributed by atoms with E-state index in [9.17, 15) is 4.79 Å². The maximum Gasteiger partial charge on any atom is 0.253 e. The highest BCUT2D eigenvalue weighted by molar-refractivity contribution is 6.30. The largest absolute Gasteiger partial charge is 0.338 e. The van der Waals surface area contributed by atoms with Gasteiger partial charge in [-0.1, -0.05) is 34.9 Å². The highest BCUT2D eigenvalue weighted by atomic mass is 35.5. The highest BCUT2D eigenvalue weighted by Gasteiger charge is 2.24. The van der Waals surface area contributed by atoms with Gasteiger partial charge < -0.3 is 9.80 Å². The van der Waals surface area contributed by atoms with Crippen molar-refractivity contribution in [2.24, 2.45) is 0 Å². The third kappa shape index (κ3) is 3.76. The van der Waals surface area contributed by atoms with E-state index in [1.807, 2.05) is 65.9 Å². The number of imidazole rings is 1. The van der Waals surface area contributed by atoms with Crippen molar-refractivity contribution in [1.29, 1.82) is 0 Å². The number of aromatic nitrogens is 2. The van der Waals surface area contributed by atoms with E-state index in [1.54, 1.807) is 6.20 Å². The molecule has 2 aromatic carbocycles. The molecule has 0 saturated carbocycles. The van der Waals surface area contributed by atoms with E-state index in [2.05, 4.69) is 16.0 Å². The minimum absolute atomic E-state index is 0.102. The molecule has 1 aliphatic heterocycles. The number of benzene rings is 2. The number of hydrogen-bond acceptors (Lipinski definition) is 3. The number of nitrogens with zero attached hydrogens (tertiary/aromatic N) is 4. The van der Waals surface area contributed by atoms with Crippen LogP contribution in [0.5, 0.6) is 0 Å². The zero-order valence-electron chi connectivity index (χ0n) is 16.1. The Morgan fingerprint density at radius 2 is 1.71 bits per heavy atom. The van der Waals surface area contributed by atoms with E-state index in [1.165, 1.54) is 0 Å². The topological polar surface area (TPSA) is 41.4 Å². The Labute approximate surface area is 170 Å². The van der Waals surface area contributed by atoms with Crippen molar-refractivity contribution in [2.45, 2.75) is 13.8 Å². The van der Waals surface area contributed by atoms with Crippen LogP contribution in [0.4, 0.5) is 5.95 Å². The van der Waals surface area contributed by atoms with E-state index in [-0.39, 0.29) is 5.91 Å². The molecular weight excluding hydrogens is 372 g/mol. The fourth-order valence-corrected chi connectivity index (χ4v) is 3.93. The van der Waals surface area contributed by atoms with Crippen molar-refractivity contribution in [3.63, 3.8) is 0 Å². The molecule has 3 aromatic rings. The third-order valence-corrected chi connectivity index (χ3v) is 5.26. The average molecular weight is 395 g/mol. The first-order valence-corrected chi connectivity index (χ1v) is 9.81. The van der Waals surface area contributed by atoms with Crippen molar-refractivity contribution < 1.29 is 4.79 Å². The average Bonchev–Trinajstić information content (AvgIpc) is 3.17.